The molecule has 1 heterocycles. The maximum absolute atomic E-state index is 7.00. The summed E-state index contributed by atoms with van der Waals surface area (Å²) < 4.78 is 0. The summed E-state index contributed by atoms with van der Waals surface area (Å²) in [5, 5.41) is 7.00. The summed E-state index contributed by atoms with van der Waals surface area (Å²) in [7, 11) is 3.17. The Bertz CT molecular complexity index is 42.5. The monoisotopic (exact) mass is 147 g/mol. The van der Waals surface area contributed by atoms with Gasteiger partial charge in [-0.3, -0.25) is 0 Å². The minimum atomic E-state index is 1.00. The molecule has 0 unspecified atom stereocenters. The van der Waals surface area contributed by atoms with Gasteiger partial charge in [-0.1, -0.05) is 13.8 Å². The first-order chi connectivity index (χ1) is 4.89. The predicted octanol–water partition coefficient (Wildman–Crippen LogP) is 1.35. The molecular weight excluding hydrogens is 126 g/mol. The van der Waals surface area contributed by atoms with Crippen molar-refractivity contribution in [3.63, 3.8) is 0 Å². The van der Waals surface area contributed by atoms with Crippen LogP contribution in [0, 0.1) is 0 Å². The second-order valence-corrected chi connectivity index (χ2v) is 2.01. The quantitative estimate of drug-likeness (QED) is 0.559. The van der Waals surface area contributed by atoms with Crippen molar-refractivity contribution >= 4 is 0 Å². The van der Waals surface area contributed by atoms with E-state index in [0.717, 1.165) is 7.11 Å². The Balaban J connectivity index is 0. The van der Waals surface area contributed by atoms with Crippen LogP contribution in [0.5, 0.6) is 0 Å². The average molecular weight is 147 g/mol. The fourth-order valence-corrected chi connectivity index (χ4v) is 0.875. The molecule has 0 amide bonds. The van der Waals surface area contributed by atoms with E-state index < -0.39 is 0 Å². The van der Waals surface area contributed by atoms with E-state index in [4.69, 9.17) is 5.11 Å². The van der Waals surface area contributed by atoms with Gasteiger partial charge >= 0.3 is 0 Å². The summed E-state index contributed by atoms with van der Waals surface area (Å²) in [6.07, 6.45) is 2.83. The van der Waals surface area contributed by atoms with Crippen LogP contribution in [0.2, 0.25) is 0 Å². The van der Waals surface area contributed by atoms with E-state index in [0.29, 0.717) is 0 Å². The molecule has 1 fully saturated rings. The minimum Gasteiger partial charge on any atom is -0.400 e. The summed E-state index contributed by atoms with van der Waals surface area (Å²) in [6, 6.07) is 0. The van der Waals surface area contributed by atoms with Gasteiger partial charge in [-0.2, -0.15) is 0 Å². The molecule has 0 atom stereocenters. The molecule has 2 nitrogen and oxygen atoms in total. The van der Waals surface area contributed by atoms with Crippen molar-refractivity contribution in [2.24, 2.45) is 0 Å². The predicted molar refractivity (Wildman–Crippen MR) is 46.2 cm³/mol. The molecule has 0 aromatic heterocycles. The van der Waals surface area contributed by atoms with Gasteiger partial charge in [0.25, 0.3) is 0 Å². The first kappa shape index (κ1) is 12.6. The Morgan fingerprint density at radius 1 is 1.00 bits per heavy atom. The van der Waals surface area contributed by atoms with Gasteiger partial charge < -0.3 is 10.0 Å². The fraction of sp³-hybridized carbons (Fsp3) is 1.00. The molecule has 1 aliphatic rings. The Kier molecular flexibility index (Phi) is 14.7. The molecule has 1 N–H and O–H groups in total. The first-order valence-corrected chi connectivity index (χ1v) is 4.03. The zero-order chi connectivity index (χ0) is 8.41. The van der Waals surface area contributed by atoms with Crippen molar-refractivity contribution < 1.29 is 5.11 Å². The van der Waals surface area contributed by atoms with E-state index in [9.17, 15) is 0 Å². The third kappa shape index (κ3) is 7.92. The summed E-state index contributed by atoms with van der Waals surface area (Å²) in [4.78, 5) is 2.36. The van der Waals surface area contributed by atoms with E-state index in [1.165, 1.54) is 25.9 Å². The molecule has 1 saturated heterocycles. The summed E-state index contributed by atoms with van der Waals surface area (Å²) in [6.45, 7) is 6.64. The van der Waals surface area contributed by atoms with Crippen molar-refractivity contribution in [1.82, 2.24) is 4.90 Å². The van der Waals surface area contributed by atoms with E-state index in [2.05, 4.69) is 11.9 Å². The van der Waals surface area contributed by atoms with E-state index >= 15 is 0 Å². The number of likely N-dealkylation sites (tertiary alicyclic amines) is 1. The molecule has 64 valence electrons. The Morgan fingerprint density at radius 2 is 1.30 bits per heavy atom. The van der Waals surface area contributed by atoms with Crippen LogP contribution >= 0.6 is 0 Å². The van der Waals surface area contributed by atoms with E-state index in [1.54, 1.807) is 0 Å². The van der Waals surface area contributed by atoms with Crippen LogP contribution in [-0.4, -0.2) is 37.3 Å². The fourth-order valence-electron chi connectivity index (χ4n) is 0.875. The number of aliphatic hydroxyl groups is 1. The highest BCUT2D eigenvalue weighted by atomic mass is 16.2. The van der Waals surface area contributed by atoms with Crippen LogP contribution in [0.25, 0.3) is 0 Å². The number of rotatable bonds is 0. The van der Waals surface area contributed by atoms with E-state index in [1.807, 2.05) is 13.8 Å². The van der Waals surface area contributed by atoms with Crippen molar-refractivity contribution in [2.75, 3.05) is 27.2 Å². The second kappa shape index (κ2) is 11.7. The molecule has 0 radical (unpaired) electrons. The molecule has 0 bridgehead atoms. The van der Waals surface area contributed by atoms with Crippen LogP contribution in [0.1, 0.15) is 26.7 Å². The highest BCUT2D eigenvalue weighted by Crippen LogP contribution is 2.01. The Labute approximate surface area is 64.9 Å². The van der Waals surface area contributed by atoms with Gasteiger partial charge in [0.05, 0.1) is 0 Å². The lowest BCUT2D eigenvalue weighted by Crippen LogP contribution is -2.10. The van der Waals surface area contributed by atoms with Crippen LogP contribution < -0.4 is 0 Å². The molecule has 0 aromatic carbocycles. The number of aliphatic hydroxyl groups excluding tert-OH is 1. The van der Waals surface area contributed by atoms with Crippen molar-refractivity contribution in [3.05, 3.63) is 0 Å². The van der Waals surface area contributed by atoms with Crippen LogP contribution in [0.4, 0.5) is 0 Å². The molecule has 1 aliphatic heterocycles. The van der Waals surface area contributed by atoms with Gasteiger partial charge in [0.15, 0.2) is 0 Å². The molecule has 1 rings (SSSR count). The third-order valence-electron chi connectivity index (χ3n) is 1.33. The van der Waals surface area contributed by atoms with Gasteiger partial charge in [0.1, 0.15) is 0 Å². The smallest absolute Gasteiger partial charge is 0.0319 e. The molecule has 2 heteroatoms. The maximum Gasteiger partial charge on any atom is 0.0319 e. The molecule has 0 spiro atoms. The van der Waals surface area contributed by atoms with Gasteiger partial charge in [0.2, 0.25) is 0 Å². The Hall–Kier alpha value is -0.0800. The topological polar surface area (TPSA) is 23.5 Å². The largest absolute Gasteiger partial charge is 0.400 e. The minimum absolute atomic E-state index is 1.00. The standard InChI is InChI=1S/C5H11N.C2H6.CH4O/c1-6-4-2-3-5-6;2*1-2/h2-5H2,1H3;1-2H3;2H,1H3. The zero-order valence-corrected chi connectivity index (χ0v) is 7.72. The van der Waals surface area contributed by atoms with Crippen LogP contribution in [0.3, 0.4) is 0 Å². The van der Waals surface area contributed by atoms with Gasteiger partial charge in [0, 0.05) is 7.11 Å². The summed E-state index contributed by atoms with van der Waals surface area (Å²) in [5.74, 6) is 0. The van der Waals surface area contributed by atoms with Crippen molar-refractivity contribution in [1.29, 1.82) is 0 Å². The maximum atomic E-state index is 7.00. The summed E-state index contributed by atoms with van der Waals surface area (Å²) in [5.41, 5.74) is 0. The highest BCUT2D eigenvalue weighted by Gasteiger charge is 2.03. The zero-order valence-electron chi connectivity index (χ0n) is 7.72. The summed E-state index contributed by atoms with van der Waals surface area (Å²) >= 11 is 0. The average Bonchev–Trinajstić information content (AvgIpc) is 2.48. The normalized spacial score (nSPS) is 16.5. The lowest BCUT2D eigenvalue weighted by Gasteiger charge is -2.01. The molecule has 0 aliphatic carbocycles. The van der Waals surface area contributed by atoms with Crippen LogP contribution in [-0.2, 0) is 0 Å². The van der Waals surface area contributed by atoms with E-state index in [-0.39, 0.29) is 0 Å². The molecule has 0 saturated carbocycles. The lowest BCUT2D eigenvalue weighted by molar-refractivity contribution is 0.399. The van der Waals surface area contributed by atoms with Gasteiger partial charge in [-0.05, 0) is 33.0 Å². The van der Waals surface area contributed by atoms with Gasteiger partial charge in [-0.25, -0.2) is 0 Å². The SMILES string of the molecule is CC.CN1CCCC1.CO. The lowest BCUT2D eigenvalue weighted by atomic mass is 10.4. The Morgan fingerprint density at radius 3 is 1.40 bits per heavy atom. The van der Waals surface area contributed by atoms with Gasteiger partial charge in [-0.15, -0.1) is 0 Å². The van der Waals surface area contributed by atoms with Crippen molar-refractivity contribution in [3.8, 4) is 0 Å². The first-order valence-electron chi connectivity index (χ1n) is 4.03. The molecule has 0 aromatic rings. The third-order valence-corrected chi connectivity index (χ3v) is 1.33. The highest BCUT2D eigenvalue weighted by molar-refractivity contribution is 4.59. The second-order valence-electron chi connectivity index (χ2n) is 2.01. The van der Waals surface area contributed by atoms with Crippen LogP contribution in [0.15, 0.2) is 0 Å². The number of hydrogen-bond donors (Lipinski definition) is 1. The number of hydrogen-bond acceptors (Lipinski definition) is 2. The molecular formula is C8H21NO. The number of nitrogens with zero attached hydrogens (tertiary/aromatic N) is 1. The van der Waals surface area contributed by atoms with Crippen molar-refractivity contribution in [2.45, 2.75) is 26.7 Å². The molecule has 10 heavy (non-hydrogen) atoms.